The van der Waals surface area contributed by atoms with Gasteiger partial charge in [0.2, 0.25) is 0 Å². The zero-order chi connectivity index (χ0) is 17.5. The van der Waals surface area contributed by atoms with Crippen LogP contribution in [0.2, 0.25) is 0 Å². The lowest BCUT2D eigenvalue weighted by Crippen LogP contribution is -2.55. The average molecular weight is 338 g/mol. The molecular formula is C21H22O4. The van der Waals surface area contributed by atoms with Crippen molar-refractivity contribution in [1.82, 2.24) is 0 Å². The number of aryl methyl sites for hydroxylation is 1. The predicted molar refractivity (Wildman–Crippen MR) is 93.3 cm³/mol. The Morgan fingerprint density at radius 1 is 1.16 bits per heavy atom. The third-order valence-electron chi connectivity index (χ3n) is 5.35. The molecule has 0 saturated carbocycles. The van der Waals surface area contributed by atoms with E-state index in [1.165, 1.54) is 0 Å². The van der Waals surface area contributed by atoms with Gasteiger partial charge in [0.25, 0.3) is 5.60 Å². The van der Waals surface area contributed by atoms with Crippen molar-refractivity contribution in [2.24, 2.45) is 0 Å². The molecule has 0 bridgehead atoms. The van der Waals surface area contributed by atoms with E-state index in [4.69, 9.17) is 9.47 Å². The topological polar surface area (TPSA) is 55.8 Å². The second kappa shape index (κ2) is 5.88. The minimum Gasteiger partial charge on any atom is -0.467 e. The molecule has 0 unspecified atom stereocenters. The predicted octanol–water partition coefficient (Wildman–Crippen LogP) is 3.45. The van der Waals surface area contributed by atoms with Crippen molar-refractivity contribution in [2.45, 2.75) is 43.8 Å². The number of hydrogen-bond acceptors (Lipinski definition) is 4. The van der Waals surface area contributed by atoms with Gasteiger partial charge in [-0.15, -0.1) is 0 Å². The van der Waals surface area contributed by atoms with Gasteiger partial charge in [0.05, 0.1) is 6.61 Å². The maximum absolute atomic E-state index is 13.2. The van der Waals surface area contributed by atoms with Crippen molar-refractivity contribution in [2.75, 3.05) is 6.61 Å². The van der Waals surface area contributed by atoms with Crippen LogP contribution in [0.3, 0.4) is 0 Å². The van der Waals surface area contributed by atoms with Crippen molar-refractivity contribution < 1.29 is 19.4 Å². The molecule has 130 valence electrons. The molecule has 1 N–H and O–H groups in total. The van der Waals surface area contributed by atoms with E-state index in [0.29, 0.717) is 17.7 Å². The van der Waals surface area contributed by atoms with Crippen LogP contribution in [0.25, 0.3) is 0 Å². The summed E-state index contributed by atoms with van der Waals surface area (Å²) in [6.45, 7) is 2.00. The van der Waals surface area contributed by atoms with Crippen molar-refractivity contribution in [3.8, 4) is 5.75 Å². The van der Waals surface area contributed by atoms with Crippen molar-refractivity contribution in [3.05, 3.63) is 65.2 Å². The monoisotopic (exact) mass is 338 g/mol. The molecule has 2 aromatic carbocycles. The normalized spacial score (nSPS) is 27.1. The van der Waals surface area contributed by atoms with Gasteiger partial charge >= 0.3 is 5.97 Å². The first kappa shape index (κ1) is 16.2. The number of aliphatic hydroxyl groups is 1. The third kappa shape index (κ3) is 2.13. The molecule has 0 spiro atoms. The highest BCUT2D eigenvalue weighted by molar-refractivity contribution is 5.86. The summed E-state index contributed by atoms with van der Waals surface area (Å²) >= 11 is 0. The van der Waals surface area contributed by atoms with E-state index in [-0.39, 0.29) is 6.61 Å². The maximum Gasteiger partial charge on any atom is 0.358 e. The second-order valence-corrected chi connectivity index (χ2v) is 6.73. The van der Waals surface area contributed by atoms with Gasteiger partial charge in [0, 0.05) is 11.1 Å². The fourth-order valence-electron chi connectivity index (χ4n) is 4.29. The van der Waals surface area contributed by atoms with E-state index in [9.17, 15) is 9.90 Å². The number of carbonyl (C=O) groups excluding carboxylic acids is 1. The standard InChI is InChI=1S/C21H22O4/c1-2-24-19(22)21(16-11-4-3-5-12-16)20(23)14-7-6-9-15-10-8-13-17(25-21)18(15)20/h3-5,8,10-13,23H,2,6-7,9,14H2,1H3/t20-,21+/m1/s1. The molecule has 1 aliphatic heterocycles. The summed E-state index contributed by atoms with van der Waals surface area (Å²) in [5.41, 5.74) is -0.556. The first-order valence-electron chi connectivity index (χ1n) is 8.90. The Balaban J connectivity index is 2.00. The lowest BCUT2D eigenvalue weighted by atomic mass is 9.72. The zero-order valence-electron chi connectivity index (χ0n) is 14.3. The van der Waals surface area contributed by atoms with Crippen LogP contribution in [-0.4, -0.2) is 17.7 Å². The smallest absolute Gasteiger partial charge is 0.358 e. The molecule has 4 nitrogen and oxygen atoms in total. The van der Waals surface area contributed by atoms with Crippen LogP contribution >= 0.6 is 0 Å². The zero-order valence-corrected chi connectivity index (χ0v) is 14.3. The molecule has 0 saturated heterocycles. The molecule has 1 aliphatic carbocycles. The lowest BCUT2D eigenvalue weighted by Gasteiger charge is -2.39. The Morgan fingerprint density at radius 2 is 1.96 bits per heavy atom. The van der Waals surface area contributed by atoms with Crippen LogP contribution in [0.4, 0.5) is 0 Å². The number of benzene rings is 2. The van der Waals surface area contributed by atoms with Crippen molar-refractivity contribution in [3.63, 3.8) is 0 Å². The molecular weight excluding hydrogens is 316 g/mol. The van der Waals surface area contributed by atoms with Crippen molar-refractivity contribution >= 4 is 5.97 Å². The van der Waals surface area contributed by atoms with E-state index < -0.39 is 17.2 Å². The van der Waals surface area contributed by atoms with Gasteiger partial charge in [-0.2, -0.15) is 0 Å². The molecule has 2 aliphatic rings. The van der Waals surface area contributed by atoms with Crippen LogP contribution < -0.4 is 4.74 Å². The Labute approximate surface area is 147 Å². The lowest BCUT2D eigenvalue weighted by molar-refractivity contribution is -0.189. The SMILES string of the molecule is CCOC(=O)[C@]1(c2ccccc2)Oc2cccc3c2[C@]1(O)CCCC3. The van der Waals surface area contributed by atoms with Gasteiger partial charge in [-0.3, -0.25) is 0 Å². The summed E-state index contributed by atoms with van der Waals surface area (Å²) in [6.07, 6.45) is 3.14. The summed E-state index contributed by atoms with van der Waals surface area (Å²) in [5.74, 6) is 0.0477. The third-order valence-corrected chi connectivity index (χ3v) is 5.35. The van der Waals surface area contributed by atoms with E-state index in [2.05, 4.69) is 0 Å². The van der Waals surface area contributed by atoms with E-state index in [1.54, 1.807) is 6.92 Å². The van der Waals surface area contributed by atoms with Crippen LogP contribution in [-0.2, 0) is 27.2 Å². The number of carbonyl (C=O) groups is 1. The number of ether oxygens (including phenoxy) is 2. The molecule has 0 aromatic heterocycles. The molecule has 0 amide bonds. The molecule has 4 rings (SSSR count). The van der Waals surface area contributed by atoms with E-state index in [1.807, 2.05) is 48.5 Å². The van der Waals surface area contributed by atoms with Gasteiger partial charge in [-0.25, -0.2) is 4.79 Å². The summed E-state index contributed by atoms with van der Waals surface area (Å²) in [4.78, 5) is 13.2. The highest BCUT2D eigenvalue weighted by Crippen LogP contribution is 2.58. The molecule has 2 aromatic rings. The highest BCUT2D eigenvalue weighted by atomic mass is 16.6. The van der Waals surface area contributed by atoms with Gasteiger partial charge in [0.15, 0.2) is 0 Å². The molecule has 4 heteroatoms. The van der Waals surface area contributed by atoms with Crippen LogP contribution in [0.15, 0.2) is 48.5 Å². The van der Waals surface area contributed by atoms with Gasteiger partial charge in [-0.05, 0) is 44.2 Å². The Morgan fingerprint density at radius 3 is 2.72 bits per heavy atom. The second-order valence-electron chi connectivity index (χ2n) is 6.73. The quantitative estimate of drug-likeness (QED) is 0.871. The average Bonchev–Trinajstić information content (AvgIpc) is 2.77. The van der Waals surface area contributed by atoms with Gasteiger partial charge in [-0.1, -0.05) is 42.5 Å². The van der Waals surface area contributed by atoms with Crippen LogP contribution in [0.5, 0.6) is 5.75 Å². The first-order valence-corrected chi connectivity index (χ1v) is 8.90. The molecule has 1 heterocycles. The molecule has 25 heavy (non-hydrogen) atoms. The highest BCUT2D eigenvalue weighted by Gasteiger charge is 2.67. The number of hydrogen-bond donors (Lipinski definition) is 1. The maximum atomic E-state index is 13.2. The van der Waals surface area contributed by atoms with Gasteiger partial charge in [0.1, 0.15) is 11.4 Å². The fraction of sp³-hybridized carbons (Fsp3) is 0.381. The largest absolute Gasteiger partial charge is 0.467 e. The summed E-state index contributed by atoms with van der Waals surface area (Å²) in [6, 6.07) is 15.0. The minimum absolute atomic E-state index is 0.232. The fourth-order valence-corrected chi connectivity index (χ4v) is 4.29. The number of rotatable bonds is 3. The summed E-state index contributed by atoms with van der Waals surface area (Å²) in [7, 11) is 0. The Hall–Kier alpha value is -2.33. The molecule has 0 radical (unpaired) electrons. The van der Waals surface area contributed by atoms with Crippen LogP contribution in [0, 0.1) is 0 Å². The van der Waals surface area contributed by atoms with E-state index in [0.717, 1.165) is 30.4 Å². The Kier molecular flexibility index (Phi) is 3.80. The molecule has 0 fully saturated rings. The van der Waals surface area contributed by atoms with Crippen LogP contribution in [0.1, 0.15) is 42.9 Å². The summed E-state index contributed by atoms with van der Waals surface area (Å²) < 4.78 is 11.6. The first-order chi connectivity index (χ1) is 12.1. The van der Waals surface area contributed by atoms with Crippen molar-refractivity contribution in [1.29, 1.82) is 0 Å². The minimum atomic E-state index is -1.56. The number of esters is 1. The molecule has 2 atom stereocenters. The van der Waals surface area contributed by atoms with Gasteiger partial charge < -0.3 is 14.6 Å². The Bertz CT molecular complexity index is 801. The summed E-state index contributed by atoms with van der Waals surface area (Å²) in [5, 5.41) is 11.9. The van der Waals surface area contributed by atoms with E-state index >= 15 is 0 Å².